The van der Waals surface area contributed by atoms with Gasteiger partial charge in [0.1, 0.15) is 5.82 Å². The van der Waals surface area contributed by atoms with Gasteiger partial charge in [-0.25, -0.2) is 9.50 Å². The summed E-state index contributed by atoms with van der Waals surface area (Å²) in [5, 5.41) is 13.4. The van der Waals surface area contributed by atoms with Crippen molar-refractivity contribution in [1.82, 2.24) is 19.2 Å². The number of imidazole rings is 1. The lowest BCUT2D eigenvalue weighted by Crippen LogP contribution is -2.18. The number of carbonyl (C=O) groups is 1. The van der Waals surface area contributed by atoms with Crippen LogP contribution in [0.3, 0.4) is 0 Å². The van der Waals surface area contributed by atoms with E-state index in [9.17, 15) is 4.79 Å². The molecule has 0 atom stereocenters. The first-order valence-corrected chi connectivity index (χ1v) is 5.85. The molecular weight excluding hydrogens is 232 g/mol. The van der Waals surface area contributed by atoms with Crippen molar-refractivity contribution < 1.29 is 9.90 Å². The van der Waals surface area contributed by atoms with Crippen LogP contribution in [-0.2, 0) is 23.7 Å². The first-order chi connectivity index (χ1) is 8.21. The fourth-order valence-electron chi connectivity index (χ4n) is 2.11. The van der Waals surface area contributed by atoms with E-state index in [1.54, 1.807) is 4.52 Å². The van der Waals surface area contributed by atoms with Crippen LogP contribution in [0.1, 0.15) is 38.0 Å². The molecule has 2 rings (SSSR count). The van der Waals surface area contributed by atoms with Crippen LogP contribution in [0.4, 0.5) is 0 Å². The van der Waals surface area contributed by atoms with Gasteiger partial charge in [0.15, 0.2) is 0 Å². The van der Waals surface area contributed by atoms with Crippen LogP contribution in [0.15, 0.2) is 0 Å². The minimum Gasteiger partial charge on any atom is -0.481 e. The summed E-state index contributed by atoms with van der Waals surface area (Å²) < 4.78 is 3.56. The van der Waals surface area contributed by atoms with E-state index in [-0.39, 0.29) is 11.8 Å². The van der Waals surface area contributed by atoms with Gasteiger partial charge in [-0.05, 0) is 6.92 Å². The van der Waals surface area contributed by atoms with E-state index >= 15 is 0 Å². The van der Waals surface area contributed by atoms with E-state index in [0.29, 0.717) is 11.5 Å². The van der Waals surface area contributed by atoms with Crippen molar-refractivity contribution in [2.45, 2.75) is 39.5 Å². The molecule has 0 unspecified atom stereocenters. The molecule has 6 heteroatoms. The Bertz CT molecular complexity index is 616. The van der Waals surface area contributed by atoms with Crippen LogP contribution in [0, 0.1) is 6.92 Å². The maximum absolute atomic E-state index is 10.9. The molecule has 1 N–H and O–H groups in total. The number of carboxylic acids is 1. The Kier molecular flexibility index (Phi) is 2.68. The number of carboxylic acid groups (broad SMARTS) is 1. The normalized spacial score (nSPS) is 12.3. The van der Waals surface area contributed by atoms with E-state index in [2.05, 4.69) is 30.9 Å². The lowest BCUT2D eigenvalue weighted by molar-refractivity contribution is -0.136. The number of hydrogen-bond donors (Lipinski definition) is 1. The van der Waals surface area contributed by atoms with Crippen LogP contribution in [0.5, 0.6) is 0 Å². The van der Waals surface area contributed by atoms with E-state index in [0.717, 1.165) is 11.5 Å². The molecule has 0 bridgehead atoms. The van der Waals surface area contributed by atoms with Crippen molar-refractivity contribution in [3.8, 4) is 0 Å². The molecule has 0 saturated carbocycles. The van der Waals surface area contributed by atoms with Gasteiger partial charge in [0, 0.05) is 12.5 Å². The second-order valence-electron chi connectivity index (χ2n) is 5.56. The molecule has 0 aliphatic rings. The molecule has 2 aromatic rings. The Morgan fingerprint density at radius 1 is 1.39 bits per heavy atom. The Hall–Kier alpha value is -1.85. The van der Waals surface area contributed by atoms with Crippen LogP contribution < -0.4 is 0 Å². The second-order valence-corrected chi connectivity index (χ2v) is 5.56. The summed E-state index contributed by atoms with van der Waals surface area (Å²) in [6, 6.07) is 0. The van der Waals surface area contributed by atoms with Gasteiger partial charge in [0.05, 0.1) is 17.8 Å². The molecule has 2 heterocycles. The molecule has 0 spiro atoms. The zero-order valence-corrected chi connectivity index (χ0v) is 11.4. The zero-order valence-electron chi connectivity index (χ0n) is 11.4. The molecule has 98 valence electrons. The summed E-state index contributed by atoms with van der Waals surface area (Å²) in [7, 11) is 1.90. The molecule has 2 aromatic heterocycles. The van der Waals surface area contributed by atoms with Crippen molar-refractivity contribution in [2.24, 2.45) is 7.05 Å². The standard InChI is InChI=1S/C12H18N4O2/c1-7-8(6-9(17)18)16-11(13-7)15(5)10(14-16)12(2,3)4/h6H2,1-5H3,(H,17,18). The molecule has 6 nitrogen and oxygen atoms in total. The minimum atomic E-state index is -0.872. The SMILES string of the molecule is Cc1nc2n(C)c(C(C)(C)C)nn2c1CC(=O)O. The third-order valence-corrected chi connectivity index (χ3v) is 2.93. The molecule has 0 fully saturated rings. The number of aromatic nitrogens is 4. The predicted molar refractivity (Wildman–Crippen MR) is 66.7 cm³/mol. The number of hydrogen-bond acceptors (Lipinski definition) is 3. The summed E-state index contributed by atoms with van der Waals surface area (Å²) in [4.78, 5) is 15.3. The van der Waals surface area contributed by atoms with E-state index in [1.165, 1.54) is 0 Å². The summed E-state index contributed by atoms with van der Waals surface area (Å²) >= 11 is 0. The maximum Gasteiger partial charge on any atom is 0.309 e. The Morgan fingerprint density at radius 2 is 2.00 bits per heavy atom. The molecule has 18 heavy (non-hydrogen) atoms. The highest BCUT2D eigenvalue weighted by Crippen LogP contribution is 2.23. The van der Waals surface area contributed by atoms with Crippen molar-refractivity contribution in [3.05, 3.63) is 17.2 Å². The summed E-state index contributed by atoms with van der Waals surface area (Å²) in [5.41, 5.74) is 1.25. The average Bonchev–Trinajstić information content (AvgIpc) is 2.66. The molecule has 0 saturated heterocycles. The maximum atomic E-state index is 10.9. The lowest BCUT2D eigenvalue weighted by Gasteiger charge is -2.16. The first kappa shape index (κ1) is 12.6. The third-order valence-electron chi connectivity index (χ3n) is 2.93. The fraction of sp³-hybridized carbons (Fsp3) is 0.583. The number of rotatable bonds is 2. The van der Waals surface area contributed by atoms with Crippen molar-refractivity contribution in [1.29, 1.82) is 0 Å². The average molecular weight is 250 g/mol. The predicted octanol–water partition coefficient (Wildman–Crippen LogP) is 1.30. The summed E-state index contributed by atoms with van der Waals surface area (Å²) in [5.74, 6) is 0.702. The highest BCUT2D eigenvalue weighted by molar-refractivity contribution is 5.70. The quantitative estimate of drug-likeness (QED) is 0.872. The van der Waals surface area contributed by atoms with E-state index in [1.807, 2.05) is 18.5 Å². The molecule has 0 aliphatic carbocycles. The second kappa shape index (κ2) is 3.83. The van der Waals surface area contributed by atoms with Crippen LogP contribution in [0.2, 0.25) is 0 Å². The number of nitrogens with zero attached hydrogens (tertiary/aromatic N) is 4. The van der Waals surface area contributed by atoms with Gasteiger partial charge in [-0.15, -0.1) is 0 Å². The molecule has 0 aromatic carbocycles. The smallest absolute Gasteiger partial charge is 0.309 e. The minimum absolute atomic E-state index is 0.0619. The van der Waals surface area contributed by atoms with E-state index in [4.69, 9.17) is 5.11 Å². The van der Waals surface area contributed by atoms with Crippen LogP contribution >= 0.6 is 0 Å². The lowest BCUT2D eigenvalue weighted by atomic mass is 9.96. The van der Waals surface area contributed by atoms with Crippen molar-refractivity contribution >= 4 is 11.7 Å². The highest BCUT2D eigenvalue weighted by Gasteiger charge is 2.25. The number of aliphatic carboxylic acids is 1. The topological polar surface area (TPSA) is 72.4 Å². The van der Waals surface area contributed by atoms with Gasteiger partial charge in [-0.2, -0.15) is 5.10 Å². The number of fused-ring (bicyclic) bond motifs is 1. The summed E-state index contributed by atoms with van der Waals surface area (Å²) in [6.45, 7) is 8.01. The van der Waals surface area contributed by atoms with E-state index < -0.39 is 5.97 Å². The van der Waals surface area contributed by atoms with Crippen LogP contribution in [0.25, 0.3) is 5.78 Å². The largest absolute Gasteiger partial charge is 0.481 e. The Morgan fingerprint density at radius 3 is 2.50 bits per heavy atom. The van der Waals surface area contributed by atoms with Crippen LogP contribution in [-0.4, -0.2) is 30.2 Å². The molecule has 0 amide bonds. The van der Waals surface area contributed by atoms with Gasteiger partial charge in [-0.1, -0.05) is 20.8 Å². The van der Waals surface area contributed by atoms with Gasteiger partial charge < -0.3 is 5.11 Å². The molecule has 0 aliphatic heterocycles. The molecule has 0 radical (unpaired) electrons. The third kappa shape index (κ3) is 1.87. The Balaban J connectivity index is 2.67. The van der Waals surface area contributed by atoms with Crippen molar-refractivity contribution in [2.75, 3.05) is 0 Å². The van der Waals surface area contributed by atoms with Crippen molar-refractivity contribution in [3.63, 3.8) is 0 Å². The van der Waals surface area contributed by atoms with Gasteiger partial charge >= 0.3 is 5.97 Å². The molecular formula is C12H18N4O2. The Labute approximate surface area is 105 Å². The monoisotopic (exact) mass is 250 g/mol. The number of aryl methyl sites for hydroxylation is 2. The highest BCUT2D eigenvalue weighted by atomic mass is 16.4. The zero-order chi connectivity index (χ0) is 13.7. The first-order valence-electron chi connectivity index (χ1n) is 5.85. The fourth-order valence-corrected chi connectivity index (χ4v) is 2.11. The van der Waals surface area contributed by atoms with Gasteiger partial charge in [-0.3, -0.25) is 9.36 Å². The van der Waals surface area contributed by atoms with Gasteiger partial charge in [0.25, 0.3) is 0 Å². The van der Waals surface area contributed by atoms with Gasteiger partial charge in [0.2, 0.25) is 5.78 Å². The summed E-state index contributed by atoms with van der Waals surface area (Å²) in [6.07, 6.45) is -0.0619.